The largest absolute Gasteiger partial charge is 0.381 e. The van der Waals surface area contributed by atoms with Crippen LogP contribution in [0.1, 0.15) is 30.1 Å². The van der Waals surface area contributed by atoms with Crippen molar-refractivity contribution in [1.82, 2.24) is 24.5 Å². The van der Waals surface area contributed by atoms with Gasteiger partial charge in [-0.3, -0.25) is 14.2 Å². The van der Waals surface area contributed by atoms with Gasteiger partial charge in [0.2, 0.25) is 6.41 Å². The van der Waals surface area contributed by atoms with Crippen molar-refractivity contribution >= 4 is 17.9 Å². The molecule has 4 heterocycles. The van der Waals surface area contributed by atoms with E-state index in [0.29, 0.717) is 44.1 Å². The van der Waals surface area contributed by atoms with Gasteiger partial charge in [-0.25, -0.2) is 8.78 Å². The first-order chi connectivity index (χ1) is 15.5. The molecule has 3 aromatic rings. The van der Waals surface area contributed by atoms with Crippen LogP contribution in [0.4, 0.5) is 20.3 Å². The van der Waals surface area contributed by atoms with Gasteiger partial charge in [0.1, 0.15) is 0 Å². The Balaban J connectivity index is 1.50. The number of ether oxygens (including phenoxy) is 1. The van der Waals surface area contributed by atoms with Crippen LogP contribution in [0.15, 0.2) is 24.5 Å². The summed E-state index contributed by atoms with van der Waals surface area (Å²) in [5, 5.41) is 11.7. The number of nitrogens with zero attached hydrogens (tertiary/aromatic N) is 5. The van der Waals surface area contributed by atoms with Crippen molar-refractivity contribution < 1.29 is 18.3 Å². The van der Waals surface area contributed by atoms with Crippen LogP contribution in [-0.4, -0.2) is 50.6 Å². The molecular weight excluding hydrogens is 418 g/mol. The standard InChI is InChI=1S/C22H24F2N6O2/c1-28-11-14(10-25-28)16-2-3-18(21(24)20(16)23)26-22-17-12-29(13-31)7-4-19(17)30(27-22)15-5-8-32-9-6-15/h2-3,10-11,13,15H,4-9,12H2,1H3,(H,26,27). The average Bonchev–Trinajstić information content (AvgIpc) is 3.41. The Morgan fingerprint density at radius 1 is 1.22 bits per heavy atom. The predicted octanol–water partition coefficient (Wildman–Crippen LogP) is 3.17. The van der Waals surface area contributed by atoms with Gasteiger partial charge in [0.05, 0.1) is 24.5 Å². The quantitative estimate of drug-likeness (QED) is 0.615. The highest BCUT2D eigenvalue weighted by atomic mass is 19.2. The number of aryl methyl sites for hydroxylation is 1. The molecule has 1 amide bonds. The van der Waals surface area contributed by atoms with Crippen molar-refractivity contribution in [2.45, 2.75) is 31.8 Å². The van der Waals surface area contributed by atoms with Crippen LogP contribution in [-0.2, 0) is 29.5 Å². The summed E-state index contributed by atoms with van der Waals surface area (Å²) in [5.41, 5.74) is 2.51. The Kier molecular flexibility index (Phi) is 5.38. The molecule has 1 N–H and O–H groups in total. The fraction of sp³-hybridized carbons (Fsp3) is 0.409. The van der Waals surface area contributed by atoms with Crippen LogP contribution in [0.25, 0.3) is 11.1 Å². The smallest absolute Gasteiger partial charge is 0.210 e. The summed E-state index contributed by atoms with van der Waals surface area (Å²) in [6.45, 7) is 2.31. The van der Waals surface area contributed by atoms with E-state index in [1.807, 2.05) is 4.68 Å². The maximum absolute atomic E-state index is 15.0. The molecular formula is C22H24F2N6O2. The van der Waals surface area contributed by atoms with Crippen molar-refractivity contribution in [3.63, 3.8) is 0 Å². The van der Waals surface area contributed by atoms with E-state index in [-0.39, 0.29) is 17.3 Å². The summed E-state index contributed by atoms with van der Waals surface area (Å²) in [6, 6.07) is 3.21. The van der Waals surface area contributed by atoms with E-state index in [9.17, 15) is 13.6 Å². The number of rotatable bonds is 5. The number of anilines is 2. The Bertz CT molecular complexity index is 1150. The molecule has 0 unspecified atom stereocenters. The highest BCUT2D eigenvalue weighted by Crippen LogP contribution is 2.35. The molecule has 0 saturated carbocycles. The third-order valence-corrected chi connectivity index (χ3v) is 6.15. The van der Waals surface area contributed by atoms with Gasteiger partial charge in [-0.1, -0.05) is 0 Å². The lowest BCUT2D eigenvalue weighted by molar-refractivity contribution is -0.118. The molecule has 5 rings (SSSR count). The van der Waals surface area contributed by atoms with Gasteiger partial charge >= 0.3 is 0 Å². The van der Waals surface area contributed by atoms with Crippen molar-refractivity contribution in [2.75, 3.05) is 25.1 Å². The second kappa shape index (κ2) is 8.34. The van der Waals surface area contributed by atoms with Crippen molar-refractivity contribution in [2.24, 2.45) is 7.05 Å². The Hall–Kier alpha value is -3.27. The molecule has 2 aliphatic heterocycles. The third kappa shape index (κ3) is 3.64. The highest BCUT2D eigenvalue weighted by Gasteiger charge is 2.29. The number of halogens is 2. The van der Waals surface area contributed by atoms with E-state index in [0.717, 1.165) is 30.5 Å². The molecule has 0 spiro atoms. The number of hydrogen-bond acceptors (Lipinski definition) is 5. The fourth-order valence-corrected chi connectivity index (χ4v) is 4.45. The Morgan fingerprint density at radius 2 is 2.03 bits per heavy atom. The first kappa shape index (κ1) is 20.6. The predicted molar refractivity (Wildman–Crippen MR) is 113 cm³/mol. The molecule has 8 nitrogen and oxygen atoms in total. The lowest BCUT2D eigenvalue weighted by atomic mass is 10.0. The minimum atomic E-state index is -0.983. The number of fused-ring (bicyclic) bond motifs is 1. The summed E-state index contributed by atoms with van der Waals surface area (Å²) in [7, 11) is 1.72. The van der Waals surface area contributed by atoms with E-state index in [1.165, 1.54) is 23.0 Å². The van der Waals surface area contributed by atoms with Gasteiger partial charge in [-0.2, -0.15) is 10.2 Å². The second-order valence-corrected chi connectivity index (χ2v) is 8.20. The van der Waals surface area contributed by atoms with Gasteiger partial charge in [0.25, 0.3) is 0 Å². The van der Waals surface area contributed by atoms with Crippen molar-refractivity contribution in [3.8, 4) is 11.1 Å². The second-order valence-electron chi connectivity index (χ2n) is 8.20. The van der Waals surface area contributed by atoms with Crippen LogP contribution < -0.4 is 5.32 Å². The highest BCUT2D eigenvalue weighted by molar-refractivity contribution is 5.69. The number of carbonyl (C=O) groups excluding carboxylic acids is 1. The summed E-state index contributed by atoms with van der Waals surface area (Å²) >= 11 is 0. The molecule has 1 aromatic carbocycles. The van der Waals surface area contributed by atoms with E-state index >= 15 is 0 Å². The topological polar surface area (TPSA) is 77.2 Å². The average molecular weight is 442 g/mol. The number of hydrogen-bond donors (Lipinski definition) is 1. The maximum atomic E-state index is 15.0. The summed E-state index contributed by atoms with van der Waals surface area (Å²) in [6.07, 6.45) is 6.27. The normalized spacial score (nSPS) is 16.8. The zero-order chi connectivity index (χ0) is 22.2. The molecule has 2 aliphatic rings. The SMILES string of the molecule is Cn1cc(-c2ccc(Nc3nn(C4CCOCC4)c4c3CN(C=O)CC4)c(F)c2F)cn1. The zero-order valence-corrected chi connectivity index (χ0v) is 17.7. The summed E-state index contributed by atoms with van der Waals surface area (Å²) < 4.78 is 38.9. The summed E-state index contributed by atoms with van der Waals surface area (Å²) in [5.74, 6) is -1.48. The minimum absolute atomic E-state index is 0.00204. The molecule has 0 bridgehead atoms. The first-order valence-electron chi connectivity index (χ1n) is 10.7. The number of aromatic nitrogens is 4. The van der Waals surface area contributed by atoms with Gasteiger partial charge in [-0.05, 0) is 25.0 Å². The Labute approximate surface area is 183 Å². The molecule has 168 valence electrons. The number of carbonyl (C=O) groups is 1. The molecule has 10 heteroatoms. The van der Waals surface area contributed by atoms with Crippen LogP contribution in [0, 0.1) is 11.6 Å². The minimum Gasteiger partial charge on any atom is -0.381 e. The van der Waals surface area contributed by atoms with E-state index < -0.39 is 11.6 Å². The van der Waals surface area contributed by atoms with Crippen LogP contribution in [0.5, 0.6) is 0 Å². The van der Waals surface area contributed by atoms with Crippen LogP contribution >= 0.6 is 0 Å². The lowest BCUT2D eigenvalue weighted by Crippen LogP contribution is -2.31. The van der Waals surface area contributed by atoms with Gasteiger partial charge < -0.3 is 15.0 Å². The maximum Gasteiger partial charge on any atom is 0.210 e. The van der Waals surface area contributed by atoms with Gasteiger partial charge in [0.15, 0.2) is 17.5 Å². The molecule has 1 fully saturated rings. The first-order valence-corrected chi connectivity index (χ1v) is 10.7. The van der Waals surface area contributed by atoms with E-state index in [1.54, 1.807) is 18.1 Å². The van der Waals surface area contributed by atoms with Crippen molar-refractivity contribution in [1.29, 1.82) is 0 Å². The van der Waals surface area contributed by atoms with Crippen LogP contribution in [0.2, 0.25) is 0 Å². The number of benzene rings is 1. The van der Waals surface area contributed by atoms with Gasteiger partial charge in [0, 0.05) is 61.8 Å². The number of amides is 1. The van der Waals surface area contributed by atoms with Gasteiger partial charge in [-0.15, -0.1) is 0 Å². The third-order valence-electron chi connectivity index (χ3n) is 6.15. The fourth-order valence-electron chi connectivity index (χ4n) is 4.45. The monoisotopic (exact) mass is 442 g/mol. The number of nitrogens with one attached hydrogen (secondary N) is 1. The molecule has 0 atom stereocenters. The molecule has 1 saturated heterocycles. The molecule has 32 heavy (non-hydrogen) atoms. The Morgan fingerprint density at radius 3 is 2.75 bits per heavy atom. The van der Waals surface area contributed by atoms with E-state index in [2.05, 4.69) is 10.4 Å². The van der Waals surface area contributed by atoms with E-state index in [4.69, 9.17) is 9.84 Å². The summed E-state index contributed by atoms with van der Waals surface area (Å²) in [4.78, 5) is 13.0. The molecule has 2 aromatic heterocycles. The zero-order valence-electron chi connectivity index (χ0n) is 17.7. The molecule has 0 radical (unpaired) electrons. The molecule has 0 aliphatic carbocycles. The lowest BCUT2D eigenvalue weighted by Gasteiger charge is -2.28. The van der Waals surface area contributed by atoms with Crippen LogP contribution in [0.3, 0.4) is 0 Å². The van der Waals surface area contributed by atoms with Crippen molar-refractivity contribution in [3.05, 3.63) is 47.4 Å².